The van der Waals surface area contributed by atoms with Crippen LogP contribution in [0.15, 0.2) is 48.8 Å². The number of aromatic nitrogens is 1. The van der Waals surface area contributed by atoms with Crippen molar-refractivity contribution in [2.45, 2.75) is 26.8 Å². The summed E-state index contributed by atoms with van der Waals surface area (Å²) in [6.07, 6.45) is 3.28. The lowest BCUT2D eigenvalue weighted by atomic mass is 9.87. The normalized spacial score (nSPS) is 12.1. The smallest absolute Gasteiger partial charge is 0.252 e. The van der Waals surface area contributed by atoms with E-state index >= 15 is 0 Å². The Morgan fingerprint density at radius 3 is 2.43 bits per heavy atom. The van der Waals surface area contributed by atoms with Gasteiger partial charge in [-0.05, 0) is 41.8 Å². The van der Waals surface area contributed by atoms with Gasteiger partial charge >= 0.3 is 0 Å². The van der Waals surface area contributed by atoms with Crippen LogP contribution in [-0.2, 0) is 0 Å². The Bertz CT molecular complexity index is 698. The van der Waals surface area contributed by atoms with Crippen molar-refractivity contribution in [2.75, 3.05) is 0 Å². The monoisotopic (exact) mass is 309 g/mol. The van der Waals surface area contributed by atoms with E-state index in [1.807, 2.05) is 20.8 Å². The number of nitrogens with one attached hydrogen (secondary N) is 1. The number of carbonyl (C=O) groups is 1. The summed E-state index contributed by atoms with van der Waals surface area (Å²) >= 11 is 0. The molecule has 1 aromatic carbocycles. The van der Waals surface area contributed by atoms with E-state index in [-0.39, 0.29) is 11.3 Å². The van der Waals surface area contributed by atoms with E-state index in [1.165, 1.54) is 0 Å². The van der Waals surface area contributed by atoms with E-state index in [2.05, 4.69) is 16.4 Å². The van der Waals surface area contributed by atoms with Crippen molar-refractivity contribution in [1.82, 2.24) is 10.3 Å². The van der Waals surface area contributed by atoms with E-state index in [1.54, 1.807) is 48.8 Å². The number of amides is 1. The molecule has 1 amide bonds. The molecule has 5 nitrogen and oxygen atoms in total. The highest BCUT2D eigenvalue weighted by Gasteiger charge is 2.26. The van der Waals surface area contributed by atoms with Crippen LogP contribution in [0.5, 0.6) is 11.5 Å². The van der Waals surface area contributed by atoms with Crippen molar-refractivity contribution < 1.29 is 9.53 Å². The van der Waals surface area contributed by atoms with Crippen LogP contribution in [-0.4, -0.2) is 16.9 Å². The molecular formula is C18H19N3O2. The van der Waals surface area contributed by atoms with Crippen molar-refractivity contribution in [3.05, 3.63) is 54.4 Å². The lowest BCUT2D eigenvalue weighted by Crippen LogP contribution is -2.42. The maximum atomic E-state index is 12.2. The van der Waals surface area contributed by atoms with Gasteiger partial charge in [-0.1, -0.05) is 20.8 Å². The van der Waals surface area contributed by atoms with Gasteiger partial charge in [-0.3, -0.25) is 9.78 Å². The fourth-order valence-corrected chi connectivity index (χ4v) is 1.87. The Hall–Kier alpha value is -2.87. The number of benzene rings is 1. The summed E-state index contributed by atoms with van der Waals surface area (Å²) in [4.78, 5) is 16.2. The van der Waals surface area contributed by atoms with Gasteiger partial charge in [-0.15, -0.1) is 0 Å². The number of nitrogens with zero attached hydrogens (tertiary/aromatic N) is 2. The van der Waals surface area contributed by atoms with Gasteiger partial charge in [0.2, 0.25) is 0 Å². The number of pyridine rings is 1. The number of hydrogen-bond acceptors (Lipinski definition) is 4. The molecule has 1 N–H and O–H groups in total. The van der Waals surface area contributed by atoms with Gasteiger partial charge in [0, 0.05) is 11.8 Å². The summed E-state index contributed by atoms with van der Waals surface area (Å²) in [5, 5.41) is 11.9. The summed E-state index contributed by atoms with van der Waals surface area (Å²) in [5.41, 5.74) is 0.154. The molecule has 5 heteroatoms. The van der Waals surface area contributed by atoms with Gasteiger partial charge in [0.25, 0.3) is 5.91 Å². The molecule has 0 bridgehead atoms. The van der Waals surface area contributed by atoms with Crippen molar-refractivity contribution in [3.63, 3.8) is 0 Å². The van der Waals surface area contributed by atoms with Gasteiger partial charge in [0.15, 0.2) is 0 Å². The molecule has 1 aromatic heterocycles. The Morgan fingerprint density at radius 2 is 1.91 bits per heavy atom. The number of hydrogen-bond donors (Lipinski definition) is 1. The predicted octanol–water partition coefficient (Wildman–Crippen LogP) is 3.54. The van der Waals surface area contributed by atoms with Crippen molar-refractivity contribution in [2.24, 2.45) is 5.41 Å². The molecule has 0 aliphatic heterocycles. The summed E-state index contributed by atoms with van der Waals surface area (Å²) < 4.78 is 5.62. The minimum absolute atomic E-state index is 0.278. The van der Waals surface area contributed by atoms with Gasteiger partial charge in [-0.2, -0.15) is 5.26 Å². The number of carbonyl (C=O) groups excluding carboxylic acids is 1. The third kappa shape index (κ3) is 4.55. The summed E-state index contributed by atoms with van der Waals surface area (Å²) in [6.45, 7) is 5.73. The Balaban J connectivity index is 2.04. The van der Waals surface area contributed by atoms with Crippen LogP contribution >= 0.6 is 0 Å². The van der Waals surface area contributed by atoms with Crippen molar-refractivity contribution in [3.8, 4) is 17.6 Å². The van der Waals surface area contributed by atoms with Gasteiger partial charge < -0.3 is 10.1 Å². The number of ether oxygens (including phenoxy) is 1. The SMILES string of the molecule is CC(C)(C)C(C#N)NC(=O)c1ccc(Oc2cccnc2)cc1. The maximum absolute atomic E-state index is 12.2. The van der Waals surface area contributed by atoms with E-state index < -0.39 is 6.04 Å². The fourth-order valence-electron chi connectivity index (χ4n) is 1.87. The summed E-state index contributed by atoms with van der Waals surface area (Å²) in [5.74, 6) is 0.962. The molecule has 0 fully saturated rings. The minimum atomic E-state index is -0.554. The van der Waals surface area contributed by atoms with Crippen LogP contribution in [0.2, 0.25) is 0 Å². The topological polar surface area (TPSA) is 75.0 Å². The Kier molecular flexibility index (Phi) is 4.97. The fraction of sp³-hybridized carbons (Fsp3) is 0.278. The second kappa shape index (κ2) is 6.93. The van der Waals surface area contributed by atoms with E-state index in [9.17, 15) is 10.1 Å². The molecular weight excluding hydrogens is 290 g/mol. The molecule has 1 heterocycles. The summed E-state index contributed by atoms with van der Waals surface area (Å²) in [6, 6.07) is 11.9. The highest BCUT2D eigenvalue weighted by Crippen LogP contribution is 2.21. The van der Waals surface area contributed by atoms with E-state index in [0.29, 0.717) is 17.1 Å². The Labute approximate surface area is 135 Å². The number of nitriles is 1. The molecule has 1 unspecified atom stereocenters. The molecule has 118 valence electrons. The first-order chi connectivity index (χ1) is 10.9. The second-order valence-electron chi connectivity index (χ2n) is 6.22. The lowest BCUT2D eigenvalue weighted by molar-refractivity contribution is 0.0922. The zero-order valence-electron chi connectivity index (χ0n) is 13.4. The van der Waals surface area contributed by atoms with Gasteiger partial charge in [-0.25, -0.2) is 0 Å². The molecule has 2 rings (SSSR count). The predicted molar refractivity (Wildman–Crippen MR) is 87.1 cm³/mol. The molecule has 0 saturated heterocycles. The second-order valence-corrected chi connectivity index (χ2v) is 6.22. The molecule has 0 saturated carbocycles. The van der Waals surface area contributed by atoms with Crippen molar-refractivity contribution >= 4 is 5.91 Å². The van der Waals surface area contributed by atoms with Crippen LogP contribution in [0.3, 0.4) is 0 Å². The van der Waals surface area contributed by atoms with Crippen LogP contribution in [0.25, 0.3) is 0 Å². The minimum Gasteiger partial charge on any atom is -0.456 e. The number of rotatable bonds is 4. The third-order valence-corrected chi connectivity index (χ3v) is 3.26. The van der Waals surface area contributed by atoms with Gasteiger partial charge in [0.05, 0.1) is 12.3 Å². The van der Waals surface area contributed by atoms with E-state index in [0.717, 1.165) is 0 Å². The first-order valence-electron chi connectivity index (χ1n) is 7.28. The maximum Gasteiger partial charge on any atom is 0.252 e. The Morgan fingerprint density at radius 1 is 1.22 bits per heavy atom. The summed E-state index contributed by atoms with van der Waals surface area (Å²) in [7, 11) is 0. The zero-order valence-corrected chi connectivity index (χ0v) is 13.4. The van der Waals surface area contributed by atoms with Crippen molar-refractivity contribution in [1.29, 1.82) is 5.26 Å². The van der Waals surface area contributed by atoms with Gasteiger partial charge in [0.1, 0.15) is 17.5 Å². The average Bonchev–Trinajstić information content (AvgIpc) is 2.53. The third-order valence-electron chi connectivity index (χ3n) is 3.26. The largest absolute Gasteiger partial charge is 0.456 e. The quantitative estimate of drug-likeness (QED) is 0.937. The molecule has 23 heavy (non-hydrogen) atoms. The molecule has 0 aliphatic rings. The average molecular weight is 309 g/mol. The molecule has 0 radical (unpaired) electrons. The molecule has 0 aliphatic carbocycles. The standard InChI is InChI=1S/C18H19N3O2/c1-18(2,3)16(11-19)21-17(22)13-6-8-14(9-7-13)23-15-5-4-10-20-12-15/h4-10,12,16H,1-3H3,(H,21,22). The molecule has 0 spiro atoms. The van der Waals surface area contributed by atoms with Crippen LogP contribution < -0.4 is 10.1 Å². The van der Waals surface area contributed by atoms with E-state index in [4.69, 9.17) is 4.74 Å². The highest BCUT2D eigenvalue weighted by molar-refractivity contribution is 5.94. The molecule has 2 aromatic rings. The first-order valence-corrected chi connectivity index (χ1v) is 7.28. The van der Waals surface area contributed by atoms with Crippen LogP contribution in [0.4, 0.5) is 0 Å². The van der Waals surface area contributed by atoms with Crippen LogP contribution in [0.1, 0.15) is 31.1 Å². The zero-order chi connectivity index (χ0) is 16.9. The van der Waals surface area contributed by atoms with Crippen LogP contribution in [0, 0.1) is 16.7 Å². The first kappa shape index (κ1) is 16.5. The lowest BCUT2D eigenvalue weighted by Gasteiger charge is -2.25. The molecule has 1 atom stereocenters. The highest BCUT2D eigenvalue weighted by atomic mass is 16.5.